The van der Waals surface area contributed by atoms with Crippen LogP contribution >= 0.6 is 0 Å². The van der Waals surface area contributed by atoms with Gasteiger partial charge in [-0.25, -0.2) is 0 Å². The van der Waals surface area contributed by atoms with Gasteiger partial charge in [-0.1, -0.05) is 6.07 Å². The second-order valence-corrected chi connectivity index (χ2v) is 5.38. The Morgan fingerprint density at radius 3 is 2.64 bits per heavy atom. The molecular formula is C19H15N3O3. The minimum Gasteiger partial charge on any atom is -0.497 e. The molecule has 0 N–H and O–H groups in total. The zero-order chi connectivity index (χ0) is 17.1. The van der Waals surface area contributed by atoms with Gasteiger partial charge in [-0.3, -0.25) is 4.98 Å². The molecule has 2 aromatic carbocycles. The minimum absolute atomic E-state index is 0.203. The lowest BCUT2D eigenvalue weighted by atomic mass is 10.2. The molecule has 0 aliphatic carbocycles. The Labute approximate surface area is 144 Å². The number of ether oxygens (including phenoxy) is 2. The first-order valence-electron chi connectivity index (χ1n) is 7.76. The molecule has 0 saturated heterocycles. The van der Waals surface area contributed by atoms with E-state index in [2.05, 4.69) is 15.2 Å². The smallest absolute Gasteiger partial charge is 0.254 e. The topological polar surface area (TPSA) is 70.3 Å². The number of hydrogen-bond acceptors (Lipinski definition) is 6. The van der Waals surface area contributed by atoms with Crippen LogP contribution in [0.25, 0.3) is 22.4 Å². The van der Waals surface area contributed by atoms with Gasteiger partial charge in [0.15, 0.2) is 6.61 Å². The average Bonchev–Trinajstić information content (AvgIpc) is 3.15. The van der Waals surface area contributed by atoms with Crippen LogP contribution in [0.2, 0.25) is 0 Å². The summed E-state index contributed by atoms with van der Waals surface area (Å²) in [7, 11) is 1.63. The fraction of sp³-hybridized carbons (Fsp3) is 0.105. The third kappa shape index (κ3) is 3.28. The number of hydrogen-bond donors (Lipinski definition) is 0. The lowest BCUT2D eigenvalue weighted by Crippen LogP contribution is -1.95. The van der Waals surface area contributed by atoms with Gasteiger partial charge in [-0.2, -0.15) is 0 Å². The number of fused-ring (bicyclic) bond motifs is 1. The van der Waals surface area contributed by atoms with E-state index in [-0.39, 0.29) is 6.61 Å². The maximum Gasteiger partial charge on any atom is 0.254 e. The van der Waals surface area contributed by atoms with Crippen LogP contribution in [0.5, 0.6) is 11.5 Å². The zero-order valence-electron chi connectivity index (χ0n) is 13.5. The number of aromatic nitrogens is 3. The molecule has 0 aliphatic heterocycles. The Kier molecular flexibility index (Phi) is 4.00. The predicted octanol–water partition coefficient (Wildman–Crippen LogP) is 3.87. The van der Waals surface area contributed by atoms with Gasteiger partial charge in [0.2, 0.25) is 5.89 Å². The van der Waals surface area contributed by atoms with Crippen LogP contribution in [0, 0.1) is 0 Å². The molecule has 6 nitrogen and oxygen atoms in total. The van der Waals surface area contributed by atoms with Crippen LogP contribution in [0.1, 0.15) is 5.89 Å². The lowest BCUT2D eigenvalue weighted by molar-refractivity contribution is 0.265. The summed E-state index contributed by atoms with van der Waals surface area (Å²) in [5, 5.41) is 9.10. The van der Waals surface area contributed by atoms with Gasteiger partial charge in [-0.05, 0) is 48.5 Å². The number of methoxy groups -OCH3 is 1. The minimum atomic E-state index is 0.203. The fourth-order valence-corrected chi connectivity index (χ4v) is 2.45. The Hall–Kier alpha value is -3.41. The predicted molar refractivity (Wildman–Crippen MR) is 92.4 cm³/mol. The molecule has 0 fully saturated rings. The molecule has 124 valence electrons. The van der Waals surface area contributed by atoms with Gasteiger partial charge in [0, 0.05) is 17.1 Å². The molecule has 0 unspecified atom stereocenters. The molecule has 0 radical (unpaired) electrons. The van der Waals surface area contributed by atoms with Crippen LogP contribution < -0.4 is 9.47 Å². The van der Waals surface area contributed by atoms with Crippen molar-refractivity contribution in [3.05, 3.63) is 66.7 Å². The number of pyridine rings is 1. The van der Waals surface area contributed by atoms with Crippen molar-refractivity contribution in [2.45, 2.75) is 6.61 Å². The van der Waals surface area contributed by atoms with Gasteiger partial charge >= 0.3 is 0 Å². The first-order chi connectivity index (χ1) is 12.3. The fourth-order valence-electron chi connectivity index (χ4n) is 2.45. The quantitative estimate of drug-likeness (QED) is 0.552. The van der Waals surface area contributed by atoms with Crippen molar-refractivity contribution in [3.8, 4) is 23.0 Å². The molecule has 0 aliphatic rings. The Balaban J connectivity index is 1.46. The van der Waals surface area contributed by atoms with Crippen molar-refractivity contribution in [3.63, 3.8) is 0 Å². The van der Waals surface area contributed by atoms with Crippen molar-refractivity contribution in [1.82, 2.24) is 15.2 Å². The third-order valence-electron chi connectivity index (χ3n) is 3.74. The number of benzene rings is 2. The molecule has 4 aromatic rings. The van der Waals surface area contributed by atoms with Crippen LogP contribution in [-0.2, 0) is 6.61 Å². The van der Waals surface area contributed by atoms with E-state index in [1.165, 1.54) is 0 Å². The molecule has 0 atom stereocenters. The zero-order valence-corrected chi connectivity index (χ0v) is 13.5. The molecule has 0 amide bonds. The molecule has 4 rings (SSSR count). The molecule has 2 heterocycles. The van der Waals surface area contributed by atoms with E-state index in [0.29, 0.717) is 11.8 Å². The maximum atomic E-state index is 5.74. The van der Waals surface area contributed by atoms with E-state index in [4.69, 9.17) is 13.9 Å². The Morgan fingerprint density at radius 2 is 1.80 bits per heavy atom. The van der Waals surface area contributed by atoms with E-state index in [1.54, 1.807) is 13.3 Å². The number of rotatable bonds is 5. The summed E-state index contributed by atoms with van der Waals surface area (Å²) in [6.07, 6.45) is 1.77. The molecule has 6 heteroatoms. The Morgan fingerprint density at radius 1 is 0.960 bits per heavy atom. The van der Waals surface area contributed by atoms with E-state index < -0.39 is 0 Å². The first-order valence-corrected chi connectivity index (χ1v) is 7.76. The van der Waals surface area contributed by atoms with Crippen LogP contribution in [0.15, 0.2) is 65.2 Å². The molecule has 0 bridgehead atoms. The molecular weight excluding hydrogens is 318 g/mol. The van der Waals surface area contributed by atoms with Crippen LogP contribution in [-0.4, -0.2) is 22.3 Å². The molecule has 0 saturated carbocycles. The van der Waals surface area contributed by atoms with Gasteiger partial charge < -0.3 is 13.9 Å². The van der Waals surface area contributed by atoms with Gasteiger partial charge in [0.25, 0.3) is 5.89 Å². The van der Waals surface area contributed by atoms with Crippen molar-refractivity contribution in [2.75, 3.05) is 7.11 Å². The summed E-state index contributed by atoms with van der Waals surface area (Å²) in [4.78, 5) is 4.28. The van der Waals surface area contributed by atoms with E-state index >= 15 is 0 Å². The van der Waals surface area contributed by atoms with E-state index in [0.717, 1.165) is 28.0 Å². The molecule has 25 heavy (non-hydrogen) atoms. The standard InChI is InChI=1S/C19H15N3O3/c1-23-15-6-4-13(5-7-15)19-22-21-18(25-19)12-24-16-8-9-17-14(11-16)3-2-10-20-17/h2-11H,12H2,1H3. The third-order valence-corrected chi connectivity index (χ3v) is 3.74. The average molecular weight is 333 g/mol. The molecule has 2 aromatic heterocycles. The van der Waals surface area contributed by atoms with E-state index in [9.17, 15) is 0 Å². The highest BCUT2D eigenvalue weighted by Crippen LogP contribution is 2.23. The number of nitrogens with zero attached hydrogens (tertiary/aromatic N) is 3. The monoisotopic (exact) mass is 333 g/mol. The highest BCUT2D eigenvalue weighted by Gasteiger charge is 2.09. The van der Waals surface area contributed by atoms with Gasteiger partial charge in [0.05, 0.1) is 12.6 Å². The summed E-state index contributed by atoms with van der Waals surface area (Å²) >= 11 is 0. The van der Waals surface area contributed by atoms with Gasteiger partial charge in [0.1, 0.15) is 11.5 Å². The summed E-state index contributed by atoms with van der Waals surface area (Å²) in [6.45, 7) is 0.203. The van der Waals surface area contributed by atoms with Crippen LogP contribution in [0.4, 0.5) is 0 Å². The van der Waals surface area contributed by atoms with Crippen molar-refractivity contribution in [2.24, 2.45) is 0 Å². The Bertz CT molecular complexity index is 996. The maximum absolute atomic E-state index is 5.74. The summed E-state index contributed by atoms with van der Waals surface area (Å²) in [6, 6.07) is 17.0. The second kappa shape index (κ2) is 6.60. The summed E-state index contributed by atoms with van der Waals surface area (Å²) < 4.78 is 16.5. The molecule has 0 spiro atoms. The SMILES string of the molecule is COc1ccc(-c2nnc(COc3ccc4ncccc4c3)o2)cc1. The normalized spacial score (nSPS) is 10.8. The summed E-state index contributed by atoms with van der Waals surface area (Å²) in [5.41, 5.74) is 1.76. The highest BCUT2D eigenvalue weighted by atomic mass is 16.5. The van der Waals surface area contributed by atoms with E-state index in [1.807, 2.05) is 54.6 Å². The van der Waals surface area contributed by atoms with Crippen molar-refractivity contribution >= 4 is 10.9 Å². The largest absolute Gasteiger partial charge is 0.497 e. The van der Waals surface area contributed by atoms with Crippen molar-refractivity contribution < 1.29 is 13.9 Å². The second-order valence-electron chi connectivity index (χ2n) is 5.38. The highest BCUT2D eigenvalue weighted by molar-refractivity contribution is 5.79. The van der Waals surface area contributed by atoms with Gasteiger partial charge in [-0.15, -0.1) is 10.2 Å². The van der Waals surface area contributed by atoms with Crippen molar-refractivity contribution in [1.29, 1.82) is 0 Å². The van der Waals surface area contributed by atoms with Crippen LogP contribution in [0.3, 0.4) is 0 Å². The lowest BCUT2D eigenvalue weighted by Gasteiger charge is -2.04. The first kappa shape index (κ1) is 15.1. The summed E-state index contributed by atoms with van der Waals surface area (Å²) in [5.74, 6) is 2.36.